The molecule has 6 heteroatoms. The molecule has 0 unspecified atom stereocenters. The van der Waals surface area contributed by atoms with Crippen molar-refractivity contribution in [3.63, 3.8) is 0 Å². The number of hydrogen-bond donors (Lipinski definition) is 0. The predicted octanol–water partition coefficient (Wildman–Crippen LogP) is 12.7. The molecule has 0 saturated heterocycles. The van der Waals surface area contributed by atoms with Gasteiger partial charge in [0, 0.05) is 11.1 Å². The molecular formula is C47H48F4N2. The van der Waals surface area contributed by atoms with Gasteiger partial charge in [-0.2, -0.15) is 27.5 Å². The molecule has 0 fully saturated rings. The Balaban J connectivity index is 0.000000204. The molecule has 6 aromatic rings. The molecule has 0 saturated carbocycles. The molecule has 0 N–H and O–H groups in total. The molecular weight excluding hydrogens is 669 g/mol. The van der Waals surface area contributed by atoms with Crippen molar-refractivity contribution < 1.29 is 17.6 Å². The van der Waals surface area contributed by atoms with E-state index in [1.165, 1.54) is 89.8 Å². The first-order chi connectivity index (χ1) is 25.8. The van der Waals surface area contributed by atoms with Crippen LogP contribution in [0.3, 0.4) is 0 Å². The fourth-order valence-corrected chi connectivity index (χ4v) is 6.23. The number of rotatable bonds is 15. The third kappa shape index (κ3) is 12.2. The van der Waals surface area contributed by atoms with Gasteiger partial charge in [0.2, 0.25) is 23.8 Å². The van der Waals surface area contributed by atoms with E-state index in [0.29, 0.717) is 36.8 Å². The van der Waals surface area contributed by atoms with Crippen molar-refractivity contribution >= 4 is 0 Å². The van der Waals surface area contributed by atoms with Gasteiger partial charge in [-0.3, -0.25) is 0 Å². The molecule has 0 spiro atoms. The lowest BCUT2D eigenvalue weighted by Crippen LogP contribution is -1.99. The largest absolute Gasteiger partial charge is 0.218 e. The topological polar surface area (TPSA) is 25.8 Å². The van der Waals surface area contributed by atoms with Crippen molar-refractivity contribution in [2.45, 2.75) is 84.5 Å². The minimum atomic E-state index is -0.781. The summed E-state index contributed by atoms with van der Waals surface area (Å²) in [6.07, 6.45) is 10.9. The first-order valence-corrected chi connectivity index (χ1v) is 18.8. The van der Waals surface area contributed by atoms with Crippen LogP contribution in [0.5, 0.6) is 0 Å². The minimum Gasteiger partial charge on any atom is -0.190 e. The van der Waals surface area contributed by atoms with Crippen LogP contribution in [0.1, 0.15) is 79.3 Å². The number of hydrogen-bond acceptors (Lipinski definition) is 2. The van der Waals surface area contributed by atoms with Gasteiger partial charge in [0.15, 0.2) is 0 Å². The molecule has 0 aliphatic heterocycles. The summed E-state index contributed by atoms with van der Waals surface area (Å²) in [6, 6.07) is 39.5. The van der Waals surface area contributed by atoms with E-state index in [2.05, 4.69) is 121 Å². The third-order valence-electron chi connectivity index (χ3n) is 9.52. The number of nitrogens with zero attached hydrogens (tertiary/aromatic N) is 2. The zero-order chi connectivity index (χ0) is 37.4. The van der Waals surface area contributed by atoms with E-state index in [-0.39, 0.29) is 0 Å². The number of pyridine rings is 2. The van der Waals surface area contributed by atoms with Gasteiger partial charge in [0.05, 0.1) is 0 Å². The van der Waals surface area contributed by atoms with Crippen LogP contribution >= 0.6 is 0 Å². The Bertz CT molecular complexity index is 1990. The average molecular weight is 717 g/mol. The van der Waals surface area contributed by atoms with Crippen LogP contribution in [0.2, 0.25) is 0 Å². The van der Waals surface area contributed by atoms with Gasteiger partial charge in [0.25, 0.3) is 0 Å². The molecule has 2 nitrogen and oxygen atoms in total. The normalized spacial score (nSPS) is 10.9. The average Bonchev–Trinajstić information content (AvgIpc) is 3.18. The number of aryl methyl sites for hydroxylation is 6. The summed E-state index contributed by atoms with van der Waals surface area (Å²) >= 11 is 0. The highest BCUT2D eigenvalue weighted by Gasteiger charge is 2.08. The Morgan fingerprint density at radius 3 is 0.981 bits per heavy atom. The van der Waals surface area contributed by atoms with Crippen molar-refractivity contribution in [2.75, 3.05) is 0 Å². The second-order valence-electron chi connectivity index (χ2n) is 13.5. The molecule has 0 aliphatic carbocycles. The van der Waals surface area contributed by atoms with E-state index >= 15 is 0 Å². The quantitative estimate of drug-likeness (QED) is 0.0601. The Morgan fingerprint density at radius 1 is 0.340 bits per heavy atom. The van der Waals surface area contributed by atoms with Gasteiger partial charge >= 0.3 is 0 Å². The highest BCUT2D eigenvalue weighted by atomic mass is 19.1. The maximum Gasteiger partial charge on any atom is 0.218 e. The van der Waals surface area contributed by atoms with Gasteiger partial charge in [0.1, 0.15) is 0 Å². The Morgan fingerprint density at radius 2 is 0.660 bits per heavy atom. The standard InChI is InChI=1S/C24H25F2N.C23H23F2N/c1-2-3-4-5-18-6-11-20(12-7-18)21-13-8-19(9-14-21)10-15-22-16-17-23(25)27-24(22)26;1-2-3-4-17-5-10-19(11-6-17)20-12-7-18(8-13-20)9-14-21-15-16-22(24)26-23(21)25/h6-9,11-14,16-17H,2-5,10,15H2,1H3;5-8,10-13,15-16H,2-4,9,14H2,1H3. The van der Waals surface area contributed by atoms with Crippen LogP contribution in [0.25, 0.3) is 22.3 Å². The lowest BCUT2D eigenvalue weighted by atomic mass is 9.99. The minimum absolute atomic E-state index is 0.443. The zero-order valence-electron chi connectivity index (χ0n) is 30.7. The molecule has 2 aromatic heterocycles. The first-order valence-electron chi connectivity index (χ1n) is 18.8. The predicted molar refractivity (Wildman–Crippen MR) is 209 cm³/mol. The first kappa shape index (κ1) is 39.1. The van der Waals surface area contributed by atoms with Crippen LogP contribution in [0.4, 0.5) is 17.6 Å². The molecule has 274 valence electrons. The molecule has 6 rings (SSSR count). The van der Waals surface area contributed by atoms with E-state index in [1.807, 2.05) is 0 Å². The van der Waals surface area contributed by atoms with Crippen molar-refractivity contribution in [3.05, 3.63) is 178 Å². The number of halogens is 4. The van der Waals surface area contributed by atoms with E-state index in [4.69, 9.17) is 0 Å². The van der Waals surface area contributed by atoms with E-state index in [0.717, 1.165) is 24.0 Å². The van der Waals surface area contributed by atoms with Gasteiger partial charge in [-0.15, -0.1) is 0 Å². The second-order valence-corrected chi connectivity index (χ2v) is 13.5. The van der Waals surface area contributed by atoms with Crippen molar-refractivity contribution in [1.29, 1.82) is 0 Å². The fourth-order valence-electron chi connectivity index (χ4n) is 6.23. The highest BCUT2D eigenvalue weighted by Crippen LogP contribution is 2.23. The lowest BCUT2D eigenvalue weighted by Gasteiger charge is -2.07. The molecule has 0 amide bonds. The van der Waals surface area contributed by atoms with E-state index < -0.39 is 23.8 Å². The summed E-state index contributed by atoms with van der Waals surface area (Å²) in [6.45, 7) is 4.43. The Labute approximate surface area is 312 Å². The van der Waals surface area contributed by atoms with Gasteiger partial charge in [-0.1, -0.05) is 130 Å². The zero-order valence-corrected chi connectivity index (χ0v) is 30.7. The van der Waals surface area contributed by atoms with Crippen molar-refractivity contribution in [1.82, 2.24) is 9.97 Å². The molecule has 0 aliphatic rings. The summed E-state index contributed by atoms with van der Waals surface area (Å²) < 4.78 is 52.9. The molecule has 4 aromatic carbocycles. The molecule has 53 heavy (non-hydrogen) atoms. The molecule has 0 radical (unpaired) electrons. The number of benzene rings is 4. The maximum absolute atomic E-state index is 13.6. The van der Waals surface area contributed by atoms with Crippen molar-refractivity contribution in [2.24, 2.45) is 0 Å². The summed E-state index contributed by atoms with van der Waals surface area (Å²) in [5.74, 6) is -3.00. The molecule has 2 heterocycles. The van der Waals surface area contributed by atoms with Crippen LogP contribution in [-0.2, 0) is 38.5 Å². The number of unbranched alkanes of at least 4 members (excludes halogenated alkanes) is 3. The number of aromatic nitrogens is 2. The van der Waals surface area contributed by atoms with Crippen LogP contribution < -0.4 is 0 Å². The second kappa shape index (κ2) is 20.2. The van der Waals surface area contributed by atoms with Gasteiger partial charge < -0.3 is 0 Å². The molecule has 0 atom stereocenters. The lowest BCUT2D eigenvalue weighted by molar-refractivity contribution is 0.501. The smallest absolute Gasteiger partial charge is 0.190 e. The highest BCUT2D eigenvalue weighted by molar-refractivity contribution is 5.65. The van der Waals surface area contributed by atoms with Crippen LogP contribution in [0, 0.1) is 23.8 Å². The van der Waals surface area contributed by atoms with E-state index in [9.17, 15) is 17.6 Å². The monoisotopic (exact) mass is 716 g/mol. The Kier molecular flexibility index (Phi) is 14.9. The summed E-state index contributed by atoms with van der Waals surface area (Å²) in [5, 5.41) is 0. The maximum atomic E-state index is 13.6. The summed E-state index contributed by atoms with van der Waals surface area (Å²) in [7, 11) is 0. The SMILES string of the molecule is CCCCCc1ccc(-c2ccc(CCc3ccc(F)nc3F)cc2)cc1.CCCCc1ccc(-c2ccc(CCc3ccc(F)nc3F)cc2)cc1. The third-order valence-corrected chi connectivity index (χ3v) is 9.52. The Hall–Kier alpha value is -5.10. The van der Waals surface area contributed by atoms with E-state index in [1.54, 1.807) is 0 Å². The fraction of sp³-hybridized carbons (Fsp3) is 0.277. The van der Waals surface area contributed by atoms with Crippen molar-refractivity contribution in [3.8, 4) is 22.3 Å². The van der Waals surface area contributed by atoms with Crippen LogP contribution in [0.15, 0.2) is 121 Å². The summed E-state index contributed by atoms with van der Waals surface area (Å²) in [4.78, 5) is 6.47. The summed E-state index contributed by atoms with van der Waals surface area (Å²) in [5.41, 5.74) is 10.6. The van der Waals surface area contributed by atoms with Gasteiger partial charge in [-0.05, 0) is 120 Å². The van der Waals surface area contributed by atoms with Gasteiger partial charge in [-0.25, -0.2) is 0 Å². The molecule has 0 bridgehead atoms. The van der Waals surface area contributed by atoms with Crippen LogP contribution in [-0.4, -0.2) is 9.97 Å².